The number of carbonyl (C=O) groups excluding carboxylic acids is 3. The molecule has 1 aromatic rings. The van der Waals surface area contributed by atoms with Gasteiger partial charge < -0.3 is 161 Å². The standard InChI is InChI=1S/C77H131N13O30/c1-54(91)83-62-64-67(117-72(5,6)114-64)76(52-110-69(62)119-76)49-104-36-33-101-30-27-98-24-21-95-18-15-82-40-57(87-80)43-107-46-74(85-60(93)12-10-9-11-13-78,45-106-42-56(86-79)39-81-14-17-94-20-23-97-26-29-100-32-35-103-48-75-51-109-61(113-75)38-59-66(75)116-71(3,4)112-59)47-108-44-58-41-90(89-88-58)16-19-96-22-25-99-28-31-102-34-37-105-50-77-53-111-70(120-77)63(84-55(2)92)65-68(77)118-73(7,8)115-65/h39-41,59,61-70H,9-38,42-53,78-80H2,1-8H3,(H,83,91)(H,84,92)(H,85,93)/t59-,61+,62-,63-,64-,65-,66-,67-,68-,69+,70+,74?,75+,76+,77+/m1/s1. The van der Waals surface area contributed by atoms with Gasteiger partial charge in [-0.2, -0.15) is 10.2 Å². The van der Waals surface area contributed by atoms with Crippen LogP contribution in [0.1, 0.15) is 93.2 Å². The van der Waals surface area contributed by atoms with Crippen LogP contribution < -0.4 is 33.4 Å². The number of nitrogens with two attached hydrogens (primary N) is 3. The third-order valence-electron chi connectivity index (χ3n) is 20.4. The molecule has 9 saturated heterocycles. The molecule has 6 bridgehead atoms. The van der Waals surface area contributed by atoms with Gasteiger partial charge in [-0.1, -0.05) is 11.6 Å². The Morgan fingerprint density at radius 3 is 1.38 bits per heavy atom. The molecular weight excluding hydrogens is 1590 g/mol. The van der Waals surface area contributed by atoms with E-state index in [1.54, 1.807) is 10.9 Å². The number of aliphatic imine (C=N–C) groups is 2. The number of rotatable bonds is 64. The molecule has 10 heterocycles. The van der Waals surface area contributed by atoms with Crippen LogP contribution in [0.2, 0.25) is 0 Å². The highest BCUT2D eigenvalue weighted by Crippen LogP contribution is 2.49. The lowest BCUT2D eigenvalue weighted by molar-refractivity contribution is -0.214. The number of nitrogens with one attached hydrogen (secondary N) is 3. The quantitative estimate of drug-likeness (QED) is 0.0187. The van der Waals surface area contributed by atoms with Crippen LogP contribution in [0, 0.1) is 0 Å². The van der Waals surface area contributed by atoms with E-state index in [9.17, 15) is 14.4 Å². The summed E-state index contributed by atoms with van der Waals surface area (Å²) in [5, 5.41) is 25.3. The maximum absolute atomic E-state index is 13.9. The summed E-state index contributed by atoms with van der Waals surface area (Å²) in [6.07, 6.45) is 3.63. The molecule has 0 saturated carbocycles. The fourth-order valence-electron chi connectivity index (χ4n) is 15.1. The number of aromatic nitrogens is 3. The second-order valence-corrected chi connectivity index (χ2v) is 31.8. The Bertz CT molecular complexity index is 3330. The number of unbranched alkanes of at least 4 members (excludes halogenated alkanes) is 2. The number of amides is 3. The van der Waals surface area contributed by atoms with Crippen molar-refractivity contribution in [3.05, 3.63) is 11.9 Å². The van der Waals surface area contributed by atoms with Gasteiger partial charge >= 0.3 is 0 Å². The van der Waals surface area contributed by atoms with Crippen LogP contribution >= 0.6 is 0 Å². The smallest absolute Gasteiger partial charge is 0.220 e. The predicted octanol–water partition coefficient (Wildman–Crippen LogP) is -1.49. The van der Waals surface area contributed by atoms with Crippen molar-refractivity contribution >= 4 is 41.6 Å². The van der Waals surface area contributed by atoms with Crippen molar-refractivity contribution in [2.24, 2.45) is 37.6 Å². The summed E-state index contributed by atoms with van der Waals surface area (Å²) in [4.78, 5) is 46.7. The summed E-state index contributed by atoms with van der Waals surface area (Å²) in [6.45, 7) is 23.5. The molecule has 0 radical (unpaired) electrons. The first-order valence-corrected chi connectivity index (χ1v) is 41.6. The number of ether oxygens (including phenoxy) is 27. The summed E-state index contributed by atoms with van der Waals surface area (Å²) in [5.41, 5.74) is 3.12. The summed E-state index contributed by atoms with van der Waals surface area (Å²) in [5.74, 6) is 8.56. The van der Waals surface area contributed by atoms with Crippen LogP contribution in [0.3, 0.4) is 0 Å². The molecule has 9 N–H and O–H groups in total. The van der Waals surface area contributed by atoms with Gasteiger partial charge in [-0.05, 0) is 60.9 Å². The zero-order valence-corrected chi connectivity index (χ0v) is 70.9. The zero-order valence-electron chi connectivity index (χ0n) is 70.9. The van der Waals surface area contributed by atoms with Crippen LogP contribution in [0.25, 0.3) is 0 Å². The lowest BCUT2D eigenvalue weighted by Crippen LogP contribution is -2.65. The third-order valence-corrected chi connectivity index (χ3v) is 20.4. The molecule has 10 rings (SSSR count). The topological polar surface area (TPSA) is 495 Å². The number of hydrogen-bond donors (Lipinski definition) is 6. The third kappa shape index (κ3) is 30.2. The molecule has 1 aromatic heterocycles. The number of nitrogens with zero attached hydrogens (tertiary/aromatic N) is 7. The van der Waals surface area contributed by atoms with E-state index < -0.39 is 88.8 Å². The molecule has 0 spiro atoms. The van der Waals surface area contributed by atoms with Crippen molar-refractivity contribution in [2.75, 3.05) is 231 Å². The second-order valence-electron chi connectivity index (χ2n) is 31.8. The van der Waals surface area contributed by atoms with Gasteiger partial charge in [0.2, 0.25) is 17.7 Å². The highest BCUT2D eigenvalue weighted by molar-refractivity contribution is 6.31. The van der Waals surface area contributed by atoms with Gasteiger partial charge in [-0.15, -0.1) is 5.10 Å². The van der Waals surface area contributed by atoms with E-state index in [2.05, 4.69) is 46.5 Å². The molecule has 9 aliphatic rings. The van der Waals surface area contributed by atoms with Gasteiger partial charge in [0, 0.05) is 39.1 Å². The number of hydrogen-bond acceptors (Lipinski definition) is 39. The maximum atomic E-state index is 13.9. The Morgan fingerprint density at radius 2 is 0.917 bits per heavy atom. The average molecular weight is 1720 g/mol. The molecule has 1 unspecified atom stereocenters. The Morgan fingerprint density at radius 1 is 0.500 bits per heavy atom. The average Bonchev–Trinajstić information content (AvgIpc) is 1.58. The summed E-state index contributed by atoms with van der Waals surface area (Å²) in [6, 6.07) is -1.03. The number of fused-ring (bicyclic) bond motifs is 12. The van der Waals surface area contributed by atoms with Gasteiger partial charge in [0.1, 0.15) is 82.1 Å². The van der Waals surface area contributed by atoms with E-state index in [1.165, 1.54) is 26.3 Å². The Balaban J connectivity index is 0.610. The molecule has 684 valence electrons. The van der Waals surface area contributed by atoms with Gasteiger partial charge in [0.05, 0.1) is 250 Å². The fourth-order valence-corrected chi connectivity index (χ4v) is 15.1. The van der Waals surface area contributed by atoms with Crippen LogP contribution in [-0.4, -0.2) is 395 Å². The predicted molar refractivity (Wildman–Crippen MR) is 421 cm³/mol. The Kier molecular flexibility index (Phi) is 39.6. The molecule has 9 aliphatic heterocycles. The summed E-state index contributed by atoms with van der Waals surface area (Å²) in [7, 11) is 0. The Hall–Kier alpha value is -5.29. The number of hydrazone groups is 2. The number of carbonyl (C=O) groups is 3. The van der Waals surface area contributed by atoms with Crippen LogP contribution in [-0.2, 0) is 155 Å². The van der Waals surface area contributed by atoms with E-state index in [-0.39, 0.29) is 122 Å². The lowest BCUT2D eigenvalue weighted by Gasteiger charge is -2.42. The summed E-state index contributed by atoms with van der Waals surface area (Å²) >= 11 is 0. The minimum Gasteiger partial charge on any atom is -0.377 e. The lowest BCUT2D eigenvalue weighted by atomic mass is 9.88. The van der Waals surface area contributed by atoms with Gasteiger partial charge in [-0.25, -0.2) is 4.68 Å². The van der Waals surface area contributed by atoms with E-state index in [0.29, 0.717) is 195 Å². The van der Waals surface area contributed by atoms with Gasteiger partial charge in [0.15, 0.2) is 36.2 Å². The SMILES string of the molecule is CC(=O)N[C@H]1[C@H]2OC[C@](COCCOCCOCCOCCN=CC(COCC(COCC(C=NCCOCCOCCOCCOC[C@]34CO[C@H](C[C@H]5OC(C)(C)O[C@H]53)O4)=NN)(COCc3cn(CCOCCOCCOCCOC[C@@]45CO[C@@H](O4)[C@H](NC(C)=O)[C@H]4OC(C)(C)O[C@H]45)nn3)NC(=O)CCCCCN)=NN)(O2)[C@@H]2OC(C)(C)O[C@H]12. The Labute approximate surface area is 700 Å². The van der Waals surface area contributed by atoms with Crippen molar-refractivity contribution in [3.8, 4) is 0 Å². The van der Waals surface area contributed by atoms with Gasteiger partial charge in [-0.3, -0.25) is 24.4 Å². The van der Waals surface area contributed by atoms with E-state index in [4.69, 9.17) is 145 Å². The van der Waals surface area contributed by atoms with Crippen LogP contribution in [0.15, 0.2) is 26.4 Å². The monoisotopic (exact) mass is 1720 g/mol. The summed E-state index contributed by atoms with van der Waals surface area (Å²) < 4.78 is 164. The maximum Gasteiger partial charge on any atom is 0.220 e. The van der Waals surface area contributed by atoms with Crippen molar-refractivity contribution < 1.29 is 142 Å². The van der Waals surface area contributed by atoms with Crippen LogP contribution in [0.4, 0.5) is 0 Å². The minimum absolute atomic E-state index is 0.00466. The van der Waals surface area contributed by atoms with Gasteiger partial charge in [0.25, 0.3) is 0 Å². The molecule has 43 heteroatoms. The van der Waals surface area contributed by atoms with Crippen molar-refractivity contribution in [3.63, 3.8) is 0 Å². The molecule has 9 fully saturated rings. The highest BCUT2D eigenvalue weighted by Gasteiger charge is 2.68. The molecule has 0 aliphatic carbocycles. The largest absolute Gasteiger partial charge is 0.377 e. The van der Waals surface area contributed by atoms with Crippen LogP contribution in [0.5, 0.6) is 0 Å². The van der Waals surface area contributed by atoms with E-state index in [0.717, 1.165) is 12.8 Å². The first-order valence-electron chi connectivity index (χ1n) is 41.6. The molecule has 43 nitrogen and oxygen atoms in total. The van der Waals surface area contributed by atoms with E-state index in [1.807, 2.05) is 41.5 Å². The second kappa shape index (κ2) is 49.0. The highest BCUT2D eigenvalue weighted by atomic mass is 16.8. The molecule has 120 heavy (non-hydrogen) atoms. The first kappa shape index (κ1) is 96.9. The van der Waals surface area contributed by atoms with E-state index >= 15 is 0 Å². The molecule has 3 amide bonds. The zero-order chi connectivity index (χ0) is 85.2. The van der Waals surface area contributed by atoms with Crippen molar-refractivity contribution in [1.82, 2.24) is 30.9 Å². The molecule has 0 aromatic carbocycles. The van der Waals surface area contributed by atoms with Crippen molar-refractivity contribution in [2.45, 2.75) is 208 Å². The first-order chi connectivity index (χ1) is 58.0. The fraction of sp³-hybridized carbons (Fsp3) is 0.883. The minimum atomic E-state index is -1.31. The van der Waals surface area contributed by atoms with Crippen molar-refractivity contribution in [1.29, 1.82) is 0 Å². The molecular formula is C77H131N13O30. The molecule has 15 atom stereocenters. The normalized spacial score (nSPS) is 29.3.